The van der Waals surface area contributed by atoms with E-state index in [1.165, 1.54) is 0 Å². The van der Waals surface area contributed by atoms with Crippen LogP contribution in [0.3, 0.4) is 0 Å². The Morgan fingerprint density at radius 2 is 1.92 bits per heavy atom. The molecule has 1 aliphatic rings. The van der Waals surface area contributed by atoms with Gasteiger partial charge in [-0.25, -0.2) is 0 Å². The number of aromatic nitrogens is 1. The first-order valence-electron chi connectivity index (χ1n) is 8.45. The van der Waals surface area contributed by atoms with Gasteiger partial charge in [-0.1, -0.05) is 51.0 Å². The van der Waals surface area contributed by atoms with Gasteiger partial charge in [-0.3, -0.25) is 4.79 Å². The van der Waals surface area contributed by atoms with E-state index in [1.54, 1.807) is 0 Å². The fourth-order valence-electron chi connectivity index (χ4n) is 3.99. The van der Waals surface area contributed by atoms with Gasteiger partial charge in [0.15, 0.2) is 5.78 Å². The Labute approximate surface area is 142 Å². The quantitative estimate of drug-likeness (QED) is 0.236. The highest BCUT2D eigenvalue weighted by molar-refractivity contribution is 6.11. The topological polar surface area (TPSA) is 70.8 Å². The maximum atomic E-state index is 13.2. The fraction of sp³-hybridized carbons (Fsp3) is 0.526. The van der Waals surface area contributed by atoms with Gasteiger partial charge in [0.05, 0.1) is 0 Å². The van der Waals surface area contributed by atoms with E-state index < -0.39 is 0 Å². The number of hydrogen-bond donors (Lipinski definition) is 0. The molecule has 0 atom stereocenters. The number of carbonyl (C=O) groups excluding carboxylic acids is 1. The summed E-state index contributed by atoms with van der Waals surface area (Å²) < 4.78 is 2.11. The van der Waals surface area contributed by atoms with Gasteiger partial charge in [0, 0.05) is 46.6 Å². The maximum absolute atomic E-state index is 13.2. The molecular weight excluding hydrogens is 300 g/mol. The Kier molecular flexibility index (Phi) is 3.92. The van der Waals surface area contributed by atoms with Crippen LogP contribution in [0.2, 0.25) is 0 Å². The van der Waals surface area contributed by atoms with Gasteiger partial charge in [0.25, 0.3) is 0 Å². The molecule has 1 saturated carbocycles. The van der Waals surface area contributed by atoms with Gasteiger partial charge in [0.1, 0.15) is 0 Å². The summed E-state index contributed by atoms with van der Waals surface area (Å²) in [6.07, 6.45) is 2.74. The molecule has 0 amide bonds. The SMILES string of the molecule is CC1(C)C(C(=O)c2cn(CCCN=[N+]=[N-])c3ccccc23)C1(C)C. The highest BCUT2D eigenvalue weighted by Gasteiger charge is 2.68. The van der Waals surface area contributed by atoms with E-state index in [-0.39, 0.29) is 22.5 Å². The van der Waals surface area contributed by atoms with Gasteiger partial charge in [-0.15, -0.1) is 0 Å². The Bertz CT molecular complexity index is 826. The molecule has 2 aromatic rings. The lowest BCUT2D eigenvalue weighted by molar-refractivity contribution is 0.0946. The largest absolute Gasteiger partial charge is 0.347 e. The van der Waals surface area contributed by atoms with Crippen molar-refractivity contribution in [2.75, 3.05) is 6.54 Å². The van der Waals surface area contributed by atoms with Gasteiger partial charge < -0.3 is 4.57 Å². The van der Waals surface area contributed by atoms with Crippen LogP contribution in [0, 0.1) is 16.7 Å². The summed E-state index contributed by atoms with van der Waals surface area (Å²) >= 11 is 0. The summed E-state index contributed by atoms with van der Waals surface area (Å²) in [7, 11) is 0. The molecule has 24 heavy (non-hydrogen) atoms. The second-order valence-electron chi connectivity index (χ2n) is 7.80. The average molecular weight is 324 g/mol. The first-order chi connectivity index (χ1) is 11.3. The molecule has 1 heterocycles. The first kappa shape index (κ1) is 16.6. The predicted molar refractivity (Wildman–Crippen MR) is 96.0 cm³/mol. The lowest BCUT2D eigenvalue weighted by atomic mass is 10.0. The molecule has 0 spiro atoms. The summed E-state index contributed by atoms with van der Waals surface area (Å²) in [6, 6.07) is 8.04. The van der Waals surface area contributed by atoms with Crippen LogP contribution in [-0.4, -0.2) is 16.9 Å². The number of Topliss-reactive ketones (excluding diaryl/α,β-unsaturated/α-hetero) is 1. The second-order valence-corrected chi connectivity index (χ2v) is 7.80. The summed E-state index contributed by atoms with van der Waals surface area (Å²) in [5.74, 6) is 0.308. The molecular formula is C19H24N4O. The van der Waals surface area contributed by atoms with E-state index in [0.717, 1.165) is 29.4 Å². The lowest BCUT2D eigenvalue weighted by Crippen LogP contribution is -2.07. The Morgan fingerprint density at radius 1 is 1.25 bits per heavy atom. The zero-order chi connectivity index (χ0) is 17.5. The van der Waals surface area contributed by atoms with Crippen molar-refractivity contribution in [2.24, 2.45) is 21.9 Å². The fourth-order valence-corrected chi connectivity index (χ4v) is 3.99. The smallest absolute Gasteiger partial charge is 0.169 e. The molecule has 0 saturated heterocycles. The second kappa shape index (κ2) is 5.67. The van der Waals surface area contributed by atoms with E-state index in [2.05, 4.69) is 42.3 Å². The average Bonchev–Trinajstić information content (AvgIpc) is 2.83. The van der Waals surface area contributed by atoms with Gasteiger partial charge in [-0.2, -0.15) is 0 Å². The number of azide groups is 1. The highest BCUT2D eigenvalue weighted by atomic mass is 16.1. The predicted octanol–water partition coefficient (Wildman–Crippen LogP) is 5.21. The number of aryl methyl sites for hydroxylation is 1. The first-order valence-corrected chi connectivity index (χ1v) is 8.45. The van der Waals surface area contributed by atoms with E-state index >= 15 is 0 Å². The minimum Gasteiger partial charge on any atom is -0.347 e. The molecule has 3 rings (SSSR count). The summed E-state index contributed by atoms with van der Waals surface area (Å²) in [6.45, 7) is 9.91. The van der Waals surface area contributed by atoms with Crippen molar-refractivity contribution in [1.29, 1.82) is 0 Å². The monoisotopic (exact) mass is 324 g/mol. The standard InChI is InChI=1S/C19H24N4O/c1-18(2)17(19(18,3)4)16(24)14-12-23(11-7-10-21-22-20)15-9-6-5-8-13(14)15/h5-6,8-9,12,17H,7,10-11H2,1-4H3. The molecule has 0 N–H and O–H groups in total. The number of hydrogen-bond acceptors (Lipinski definition) is 2. The van der Waals surface area contributed by atoms with Crippen molar-refractivity contribution < 1.29 is 4.79 Å². The minimum absolute atomic E-state index is 0.0365. The molecule has 1 aromatic heterocycles. The van der Waals surface area contributed by atoms with Crippen LogP contribution < -0.4 is 0 Å². The number of carbonyl (C=O) groups is 1. The molecule has 5 nitrogen and oxygen atoms in total. The maximum Gasteiger partial charge on any atom is 0.169 e. The molecule has 0 aliphatic heterocycles. The molecule has 0 radical (unpaired) electrons. The molecule has 5 heteroatoms. The van der Waals surface area contributed by atoms with Crippen LogP contribution in [-0.2, 0) is 6.54 Å². The minimum atomic E-state index is 0.0365. The molecule has 0 bridgehead atoms. The van der Waals surface area contributed by atoms with Crippen molar-refractivity contribution >= 4 is 16.7 Å². The van der Waals surface area contributed by atoms with Crippen molar-refractivity contribution in [3.63, 3.8) is 0 Å². The number of nitrogens with zero attached hydrogens (tertiary/aromatic N) is 4. The summed E-state index contributed by atoms with van der Waals surface area (Å²) in [5.41, 5.74) is 10.3. The normalized spacial score (nSPS) is 18.3. The Morgan fingerprint density at radius 3 is 2.54 bits per heavy atom. The zero-order valence-corrected chi connectivity index (χ0v) is 14.8. The number of rotatable bonds is 6. The third-order valence-electron chi connectivity index (χ3n) is 6.06. The zero-order valence-electron chi connectivity index (χ0n) is 14.8. The van der Waals surface area contributed by atoms with E-state index in [1.807, 2.05) is 30.5 Å². The molecule has 0 unspecified atom stereocenters. The molecule has 126 valence electrons. The molecule has 1 aliphatic carbocycles. The van der Waals surface area contributed by atoms with Crippen molar-refractivity contribution in [3.8, 4) is 0 Å². The van der Waals surface area contributed by atoms with Crippen LogP contribution in [0.4, 0.5) is 0 Å². The van der Waals surface area contributed by atoms with Crippen LogP contribution in [0.25, 0.3) is 21.3 Å². The van der Waals surface area contributed by atoms with E-state index in [4.69, 9.17) is 5.53 Å². The van der Waals surface area contributed by atoms with Crippen molar-refractivity contribution in [2.45, 2.75) is 40.7 Å². The number of para-hydroxylation sites is 1. The number of benzene rings is 1. The van der Waals surface area contributed by atoms with E-state index in [0.29, 0.717) is 6.54 Å². The number of ketones is 1. The van der Waals surface area contributed by atoms with Gasteiger partial charge >= 0.3 is 0 Å². The van der Waals surface area contributed by atoms with Crippen LogP contribution in [0.5, 0.6) is 0 Å². The van der Waals surface area contributed by atoms with E-state index in [9.17, 15) is 4.79 Å². The lowest BCUT2D eigenvalue weighted by Gasteiger charge is -2.03. The van der Waals surface area contributed by atoms with Crippen molar-refractivity contribution in [1.82, 2.24) is 4.57 Å². The van der Waals surface area contributed by atoms with Crippen LogP contribution >= 0.6 is 0 Å². The molecule has 1 fully saturated rings. The Balaban J connectivity index is 1.94. The summed E-state index contributed by atoms with van der Waals surface area (Å²) in [4.78, 5) is 15.9. The summed E-state index contributed by atoms with van der Waals surface area (Å²) in [5, 5.41) is 4.60. The van der Waals surface area contributed by atoms with Gasteiger partial charge in [-0.05, 0) is 28.8 Å². The van der Waals surface area contributed by atoms with Crippen LogP contribution in [0.1, 0.15) is 44.5 Å². The number of fused-ring (bicyclic) bond motifs is 1. The highest BCUT2D eigenvalue weighted by Crippen LogP contribution is 2.69. The van der Waals surface area contributed by atoms with Crippen molar-refractivity contribution in [3.05, 3.63) is 46.5 Å². The Hall–Kier alpha value is -2.26. The third kappa shape index (κ3) is 2.40. The third-order valence-corrected chi connectivity index (χ3v) is 6.06. The molecule has 1 aromatic carbocycles. The van der Waals surface area contributed by atoms with Crippen LogP contribution in [0.15, 0.2) is 35.6 Å². The van der Waals surface area contributed by atoms with Gasteiger partial charge in [0.2, 0.25) is 0 Å².